The lowest BCUT2D eigenvalue weighted by atomic mass is 9.99. The summed E-state index contributed by atoms with van der Waals surface area (Å²) in [6.45, 7) is 8.92. The van der Waals surface area contributed by atoms with E-state index in [-0.39, 0.29) is 17.6 Å². The molecule has 0 bridgehead atoms. The Balaban J connectivity index is 1.49. The summed E-state index contributed by atoms with van der Waals surface area (Å²) < 4.78 is 11.5. The molecule has 0 saturated carbocycles. The Morgan fingerprint density at radius 1 is 1.07 bits per heavy atom. The molecule has 0 unspecified atom stereocenters. The summed E-state index contributed by atoms with van der Waals surface area (Å²) in [6.07, 6.45) is 5.21. The van der Waals surface area contributed by atoms with Crippen molar-refractivity contribution in [2.24, 2.45) is 0 Å². The maximum Gasteiger partial charge on any atom is 0.231 e. The molecule has 0 aliphatic carbocycles. The van der Waals surface area contributed by atoms with Crippen LogP contribution in [0.25, 0.3) is 0 Å². The lowest BCUT2D eigenvalue weighted by Crippen LogP contribution is -2.48. The minimum Gasteiger partial charge on any atom is -0.490 e. The first-order chi connectivity index (χ1) is 14.3. The van der Waals surface area contributed by atoms with Crippen LogP contribution in [0.4, 0.5) is 11.4 Å². The maximum atomic E-state index is 12.7. The summed E-state index contributed by atoms with van der Waals surface area (Å²) in [4.78, 5) is 21.2. The number of fused-ring (bicyclic) bond motifs is 1. The first-order valence-corrected chi connectivity index (χ1v) is 10.7. The van der Waals surface area contributed by atoms with E-state index < -0.39 is 0 Å². The van der Waals surface area contributed by atoms with Crippen LogP contribution in [0, 0.1) is 0 Å². The van der Waals surface area contributed by atoms with Gasteiger partial charge in [0.15, 0.2) is 0 Å². The van der Waals surface area contributed by atoms with Crippen LogP contribution < -0.4 is 14.4 Å². The Labute approximate surface area is 178 Å². The number of rotatable bonds is 4. The van der Waals surface area contributed by atoms with Gasteiger partial charge in [0.25, 0.3) is 0 Å². The number of aryl methyl sites for hydroxylation is 1. The number of likely N-dealkylation sites (tertiary alicyclic amines) is 1. The van der Waals surface area contributed by atoms with Crippen molar-refractivity contribution in [1.82, 2.24) is 9.88 Å². The summed E-state index contributed by atoms with van der Waals surface area (Å²) in [5.74, 6) is 1.51. The number of benzene rings is 1. The van der Waals surface area contributed by atoms with Gasteiger partial charge in [0.2, 0.25) is 11.8 Å². The van der Waals surface area contributed by atoms with Crippen molar-refractivity contribution < 1.29 is 14.3 Å². The molecular formula is C24H31N3O3. The van der Waals surface area contributed by atoms with E-state index in [1.54, 1.807) is 24.3 Å². The molecule has 4 rings (SSSR count). The zero-order chi connectivity index (χ0) is 21.3. The van der Waals surface area contributed by atoms with Gasteiger partial charge in [0.05, 0.1) is 24.7 Å². The minimum atomic E-state index is 0.0812. The number of hydrogen-bond acceptors (Lipinski definition) is 5. The van der Waals surface area contributed by atoms with E-state index in [9.17, 15) is 4.79 Å². The number of pyridine rings is 1. The van der Waals surface area contributed by atoms with Crippen LogP contribution in [0.2, 0.25) is 0 Å². The lowest BCUT2D eigenvalue weighted by molar-refractivity contribution is -0.118. The highest BCUT2D eigenvalue weighted by atomic mass is 16.5. The summed E-state index contributed by atoms with van der Waals surface area (Å²) in [5.41, 5.74) is 3.01. The largest absolute Gasteiger partial charge is 0.490 e. The van der Waals surface area contributed by atoms with E-state index in [1.807, 2.05) is 18.2 Å². The van der Waals surface area contributed by atoms with E-state index in [1.165, 1.54) is 0 Å². The molecule has 0 atom stereocenters. The second kappa shape index (κ2) is 8.26. The number of nitrogens with zero attached hydrogens (tertiary/aromatic N) is 3. The van der Waals surface area contributed by atoms with Crippen molar-refractivity contribution in [3.05, 3.63) is 42.1 Å². The highest BCUT2D eigenvalue weighted by Crippen LogP contribution is 2.37. The van der Waals surface area contributed by atoms with E-state index in [0.29, 0.717) is 12.3 Å². The smallest absolute Gasteiger partial charge is 0.231 e. The Hall–Kier alpha value is -2.60. The number of methoxy groups -OCH3 is 1. The van der Waals surface area contributed by atoms with Crippen molar-refractivity contribution in [2.75, 3.05) is 25.1 Å². The molecule has 6 nitrogen and oxygen atoms in total. The van der Waals surface area contributed by atoms with Gasteiger partial charge in [-0.1, -0.05) is 0 Å². The zero-order valence-corrected chi connectivity index (χ0v) is 18.4. The molecule has 0 radical (unpaired) electrons. The van der Waals surface area contributed by atoms with Gasteiger partial charge in [-0.2, -0.15) is 0 Å². The average molecular weight is 410 g/mol. The quantitative estimate of drug-likeness (QED) is 0.752. The third-order valence-corrected chi connectivity index (χ3v) is 6.03. The number of anilines is 2. The fourth-order valence-corrected chi connectivity index (χ4v) is 4.29. The fraction of sp³-hybridized carbons (Fsp3) is 0.500. The number of hydrogen-bond donors (Lipinski definition) is 0. The topological polar surface area (TPSA) is 54.9 Å². The standard InChI is InChI=1S/C24H31N3O3/c1-24(2,3)26-13-11-19(12-14-26)30-20-7-8-21-17(15-20)5-10-23(28)27(21)18-6-9-22(29-4)25-16-18/h6-9,15-16,19H,5,10-14H2,1-4H3. The van der Waals surface area contributed by atoms with Crippen LogP contribution in [0.1, 0.15) is 45.6 Å². The van der Waals surface area contributed by atoms with Gasteiger partial charge >= 0.3 is 0 Å². The van der Waals surface area contributed by atoms with Crippen molar-refractivity contribution in [3.63, 3.8) is 0 Å². The molecule has 2 aromatic rings. The molecule has 1 aromatic heterocycles. The van der Waals surface area contributed by atoms with E-state index in [4.69, 9.17) is 9.47 Å². The molecule has 160 valence electrons. The summed E-state index contributed by atoms with van der Waals surface area (Å²) in [7, 11) is 1.58. The first-order valence-electron chi connectivity index (χ1n) is 10.7. The van der Waals surface area contributed by atoms with E-state index in [2.05, 4.69) is 36.7 Å². The molecule has 1 amide bonds. The van der Waals surface area contributed by atoms with Crippen LogP contribution in [0.15, 0.2) is 36.5 Å². The van der Waals surface area contributed by atoms with Crippen LogP contribution in [0.3, 0.4) is 0 Å². The molecule has 1 aromatic carbocycles. The Bertz CT molecular complexity index is 897. The molecule has 3 heterocycles. The second-order valence-electron chi connectivity index (χ2n) is 9.05. The Morgan fingerprint density at radius 2 is 1.83 bits per heavy atom. The predicted molar refractivity (Wildman–Crippen MR) is 118 cm³/mol. The highest BCUT2D eigenvalue weighted by molar-refractivity contribution is 6.03. The molecule has 30 heavy (non-hydrogen) atoms. The van der Waals surface area contributed by atoms with Gasteiger partial charge in [-0.3, -0.25) is 14.6 Å². The number of piperidine rings is 1. The second-order valence-corrected chi connectivity index (χ2v) is 9.05. The summed E-state index contributed by atoms with van der Waals surface area (Å²) in [6, 6.07) is 9.72. The Morgan fingerprint density at radius 3 is 2.47 bits per heavy atom. The molecule has 6 heteroatoms. The number of ether oxygens (including phenoxy) is 2. The van der Waals surface area contributed by atoms with Gasteiger partial charge in [-0.15, -0.1) is 0 Å². The van der Waals surface area contributed by atoms with Crippen LogP contribution in [-0.4, -0.2) is 47.6 Å². The number of aromatic nitrogens is 1. The van der Waals surface area contributed by atoms with Crippen molar-refractivity contribution in [1.29, 1.82) is 0 Å². The average Bonchev–Trinajstić information content (AvgIpc) is 2.74. The molecule has 1 fully saturated rings. The van der Waals surface area contributed by atoms with Crippen molar-refractivity contribution in [3.8, 4) is 11.6 Å². The molecule has 1 saturated heterocycles. The number of amides is 1. The van der Waals surface area contributed by atoms with Crippen LogP contribution in [-0.2, 0) is 11.2 Å². The van der Waals surface area contributed by atoms with Crippen LogP contribution >= 0.6 is 0 Å². The van der Waals surface area contributed by atoms with Gasteiger partial charge in [-0.25, -0.2) is 4.98 Å². The first kappa shape index (κ1) is 20.7. The van der Waals surface area contributed by atoms with E-state index >= 15 is 0 Å². The van der Waals surface area contributed by atoms with Crippen molar-refractivity contribution >= 4 is 17.3 Å². The Kier molecular flexibility index (Phi) is 5.69. The normalized spacial score (nSPS) is 18.3. The molecule has 2 aliphatic heterocycles. The van der Waals surface area contributed by atoms with Gasteiger partial charge in [0.1, 0.15) is 11.9 Å². The summed E-state index contributed by atoms with van der Waals surface area (Å²) >= 11 is 0. The monoisotopic (exact) mass is 409 g/mol. The molecule has 0 spiro atoms. The summed E-state index contributed by atoms with van der Waals surface area (Å²) in [5, 5.41) is 0. The third-order valence-electron chi connectivity index (χ3n) is 6.03. The van der Waals surface area contributed by atoms with Gasteiger partial charge < -0.3 is 9.47 Å². The van der Waals surface area contributed by atoms with Gasteiger partial charge in [0, 0.05) is 31.1 Å². The SMILES string of the molecule is COc1ccc(N2C(=O)CCc3cc(OC4CCN(C(C)(C)C)CC4)ccc32)cn1. The molecule has 2 aliphatic rings. The number of carbonyl (C=O) groups excluding carboxylic acids is 1. The number of carbonyl (C=O) groups is 1. The lowest BCUT2D eigenvalue weighted by Gasteiger charge is -2.40. The molecular weight excluding hydrogens is 378 g/mol. The highest BCUT2D eigenvalue weighted by Gasteiger charge is 2.29. The zero-order valence-electron chi connectivity index (χ0n) is 18.4. The fourth-order valence-electron chi connectivity index (χ4n) is 4.29. The molecule has 0 N–H and O–H groups in total. The van der Waals surface area contributed by atoms with Gasteiger partial charge in [-0.05, 0) is 69.9 Å². The van der Waals surface area contributed by atoms with E-state index in [0.717, 1.165) is 55.0 Å². The third kappa shape index (κ3) is 4.29. The van der Waals surface area contributed by atoms with Crippen molar-refractivity contribution in [2.45, 2.75) is 58.1 Å². The minimum absolute atomic E-state index is 0.0812. The predicted octanol–water partition coefficient (Wildman–Crippen LogP) is 4.34. The van der Waals surface area contributed by atoms with Crippen LogP contribution in [0.5, 0.6) is 11.6 Å². The maximum absolute atomic E-state index is 12.7.